The molecule has 0 bridgehead atoms. The average molecular weight is 373 g/mol. The van der Waals surface area contributed by atoms with Crippen molar-refractivity contribution < 1.29 is 4.79 Å². The van der Waals surface area contributed by atoms with E-state index < -0.39 is 0 Å². The topological polar surface area (TPSA) is 84.4 Å². The highest BCUT2D eigenvalue weighted by Crippen LogP contribution is 2.35. The lowest BCUT2D eigenvalue weighted by Gasteiger charge is -2.35. The van der Waals surface area contributed by atoms with Gasteiger partial charge in [0, 0.05) is 54.2 Å². The zero-order chi connectivity index (χ0) is 18.7. The van der Waals surface area contributed by atoms with E-state index in [0.717, 1.165) is 37.2 Å². The number of rotatable bonds is 4. The van der Waals surface area contributed by atoms with Crippen molar-refractivity contribution in [2.24, 2.45) is 5.73 Å². The molecule has 2 aromatic rings. The van der Waals surface area contributed by atoms with E-state index in [1.807, 2.05) is 18.2 Å². The zero-order valence-corrected chi connectivity index (χ0v) is 15.7. The number of carbonyl (C=O) groups is 1. The van der Waals surface area contributed by atoms with Crippen molar-refractivity contribution in [3.8, 4) is 0 Å². The van der Waals surface area contributed by atoms with Crippen LogP contribution in [0.1, 0.15) is 40.2 Å². The minimum absolute atomic E-state index is 0.0563. The highest BCUT2D eigenvalue weighted by atomic mass is 35.5. The molecular weight excluding hydrogens is 348 g/mol. The van der Waals surface area contributed by atoms with Crippen LogP contribution in [0.25, 0.3) is 0 Å². The fourth-order valence-electron chi connectivity index (χ4n) is 3.65. The summed E-state index contributed by atoms with van der Waals surface area (Å²) in [5.41, 5.74) is 16.6. The van der Waals surface area contributed by atoms with Gasteiger partial charge in [0.05, 0.1) is 0 Å². The van der Waals surface area contributed by atoms with Gasteiger partial charge in [-0.15, -0.1) is 0 Å². The molecular formula is C20H25ClN4O. The lowest BCUT2D eigenvalue weighted by molar-refractivity contribution is 0.0963. The minimum Gasteiger partial charge on any atom is -0.398 e. The lowest BCUT2D eigenvalue weighted by atomic mass is 9.88. The first kappa shape index (κ1) is 18.5. The van der Waals surface area contributed by atoms with E-state index >= 15 is 0 Å². The van der Waals surface area contributed by atoms with Gasteiger partial charge in [0.1, 0.15) is 0 Å². The van der Waals surface area contributed by atoms with E-state index in [9.17, 15) is 4.79 Å². The molecule has 1 amide bonds. The Morgan fingerprint density at radius 2 is 1.88 bits per heavy atom. The summed E-state index contributed by atoms with van der Waals surface area (Å²) in [5.74, 6) is 0.432. The number of nitrogens with two attached hydrogens (primary N) is 2. The first-order valence-electron chi connectivity index (χ1n) is 8.88. The van der Waals surface area contributed by atoms with Crippen molar-refractivity contribution >= 4 is 28.9 Å². The molecule has 5 nitrogen and oxygen atoms in total. The van der Waals surface area contributed by atoms with Gasteiger partial charge in [-0.25, -0.2) is 0 Å². The number of nitrogens with zero attached hydrogens (tertiary/aromatic N) is 1. The van der Waals surface area contributed by atoms with Crippen LogP contribution in [0.4, 0.5) is 11.4 Å². The van der Waals surface area contributed by atoms with E-state index in [-0.39, 0.29) is 5.91 Å². The van der Waals surface area contributed by atoms with E-state index in [1.54, 1.807) is 13.1 Å². The third kappa shape index (κ3) is 3.79. The van der Waals surface area contributed by atoms with Gasteiger partial charge in [0.25, 0.3) is 5.91 Å². The molecule has 1 heterocycles. The number of piperidine rings is 1. The van der Waals surface area contributed by atoms with Gasteiger partial charge in [-0.2, -0.15) is 0 Å². The molecule has 1 fully saturated rings. The van der Waals surface area contributed by atoms with Crippen LogP contribution in [0.3, 0.4) is 0 Å². The summed E-state index contributed by atoms with van der Waals surface area (Å²) in [6.45, 7) is 2.25. The Labute approximate surface area is 159 Å². The molecule has 138 valence electrons. The van der Waals surface area contributed by atoms with Crippen molar-refractivity contribution in [1.82, 2.24) is 5.32 Å². The molecule has 1 aliphatic rings. The van der Waals surface area contributed by atoms with Crippen LogP contribution in [-0.2, 0) is 6.54 Å². The molecule has 1 saturated heterocycles. The van der Waals surface area contributed by atoms with Gasteiger partial charge in [0.15, 0.2) is 0 Å². The second-order valence-corrected chi connectivity index (χ2v) is 7.10. The fourth-order valence-corrected chi connectivity index (χ4v) is 3.87. The molecule has 5 N–H and O–H groups in total. The van der Waals surface area contributed by atoms with Crippen molar-refractivity contribution in [2.75, 3.05) is 30.8 Å². The summed E-state index contributed by atoms with van der Waals surface area (Å²) in [6, 6.07) is 11.6. The molecule has 0 radical (unpaired) electrons. The maximum absolute atomic E-state index is 11.7. The van der Waals surface area contributed by atoms with E-state index in [2.05, 4.69) is 22.3 Å². The molecule has 1 aliphatic heterocycles. The quantitative estimate of drug-likeness (QED) is 0.720. The standard InChI is InChI=1S/C20H25ClN4O/c1-24-20(26)15-4-2-13(3-5-15)14-6-8-25(9-7-14)19-11-16(21)10-18(23)17(19)12-22/h2-5,10-11,14H,6-9,12,22-23H2,1H3,(H,24,26). The second-order valence-electron chi connectivity index (χ2n) is 6.66. The Kier molecular flexibility index (Phi) is 5.69. The van der Waals surface area contributed by atoms with E-state index in [4.69, 9.17) is 23.1 Å². The van der Waals surface area contributed by atoms with Crippen molar-refractivity contribution in [3.05, 3.63) is 58.1 Å². The van der Waals surface area contributed by atoms with E-state index in [1.165, 1.54) is 5.56 Å². The van der Waals surface area contributed by atoms with Crippen LogP contribution >= 0.6 is 11.6 Å². The summed E-state index contributed by atoms with van der Waals surface area (Å²) in [4.78, 5) is 14.0. The van der Waals surface area contributed by atoms with Gasteiger partial charge < -0.3 is 21.7 Å². The van der Waals surface area contributed by atoms with Crippen molar-refractivity contribution in [1.29, 1.82) is 0 Å². The van der Waals surface area contributed by atoms with E-state index in [0.29, 0.717) is 28.7 Å². The van der Waals surface area contributed by atoms with Gasteiger partial charge in [-0.05, 0) is 48.6 Å². The van der Waals surface area contributed by atoms with Crippen LogP contribution in [0.5, 0.6) is 0 Å². The molecule has 3 rings (SSSR count). The van der Waals surface area contributed by atoms with Gasteiger partial charge in [-0.3, -0.25) is 4.79 Å². The Balaban J connectivity index is 1.71. The lowest BCUT2D eigenvalue weighted by Crippen LogP contribution is -2.34. The maximum Gasteiger partial charge on any atom is 0.251 e. The predicted octanol–water partition coefficient (Wildman–Crippen LogP) is 3.12. The molecule has 0 atom stereocenters. The van der Waals surface area contributed by atoms with Crippen LogP contribution < -0.4 is 21.7 Å². The third-order valence-electron chi connectivity index (χ3n) is 5.14. The molecule has 26 heavy (non-hydrogen) atoms. The molecule has 0 spiro atoms. The number of hydrogen-bond acceptors (Lipinski definition) is 4. The molecule has 0 saturated carbocycles. The summed E-state index contributed by atoms with van der Waals surface area (Å²) in [7, 11) is 1.64. The zero-order valence-electron chi connectivity index (χ0n) is 15.0. The number of nitrogen functional groups attached to an aromatic ring is 1. The average Bonchev–Trinajstić information content (AvgIpc) is 2.67. The van der Waals surface area contributed by atoms with Crippen molar-refractivity contribution in [3.63, 3.8) is 0 Å². The number of halogens is 1. The Morgan fingerprint density at radius 1 is 1.23 bits per heavy atom. The van der Waals surface area contributed by atoms with Crippen LogP contribution in [0, 0.1) is 0 Å². The Bertz CT molecular complexity index is 783. The first-order valence-corrected chi connectivity index (χ1v) is 9.26. The summed E-state index contributed by atoms with van der Waals surface area (Å²) >= 11 is 6.20. The Hall–Kier alpha value is -2.24. The molecule has 6 heteroatoms. The number of hydrogen-bond donors (Lipinski definition) is 3. The van der Waals surface area contributed by atoms with Gasteiger partial charge in [-0.1, -0.05) is 23.7 Å². The SMILES string of the molecule is CNC(=O)c1ccc(C2CCN(c3cc(Cl)cc(N)c3CN)CC2)cc1. The van der Waals surface area contributed by atoms with Gasteiger partial charge >= 0.3 is 0 Å². The third-order valence-corrected chi connectivity index (χ3v) is 5.35. The maximum atomic E-state index is 11.7. The smallest absolute Gasteiger partial charge is 0.251 e. The van der Waals surface area contributed by atoms with Crippen LogP contribution in [-0.4, -0.2) is 26.0 Å². The molecule has 0 aliphatic carbocycles. The highest BCUT2D eigenvalue weighted by Gasteiger charge is 2.23. The summed E-state index contributed by atoms with van der Waals surface area (Å²) < 4.78 is 0. The van der Waals surface area contributed by atoms with Crippen LogP contribution in [0.2, 0.25) is 5.02 Å². The predicted molar refractivity (Wildman–Crippen MR) is 108 cm³/mol. The summed E-state index contributed by atoms with van der Waals surface area (Å²) in [5, 5.41) is 3.29. The molecule has 0 aromatic heterocycles. The number of anilines is 2. The molecule has 2 aromatic carbocycles. The van der Waals surface area contributed by atoms with Crippen molar-refractivity contribution in [2.45, 2.75) is 25.3 Å². The summed E-state index contributed by atoms with van der Waals surface area (Å²) in [6.07, 6.45) is 2.07. The largest absolute Gasteiger partial charge is 0.398 e. The number of amides is 1. The Morgan fingerprint density at radius 3 is 2.46 bits per heavy atom. The molecule has 0 unspecified atom stereocenters. The van der Waals surface area contributed by atoms with Gasteiger partial charge in [0.2, 0.25) is 0 Å². The highest BCUT2D eigenvalue weighted by molar-refractivity contribution is 6.31. The number of carbonyl (C=O) groups excluding carboxylic acids is 1. The second kappa shape index (κ2) is 7.98. The normalized spacial score (nSPS) is 15.1. The minimum atomic E-state index is -0.0563. The number of nitrogens with one attached hydrogen (secondary N) is 1. The first-order chi connectivity index (χ1) is 12.5. The monoisotopic (exact) mass is 372 g/mol. The van der Waals surface area contributed by atoms with Crippen LogP contribution in [0.15, 0.2) is 36.4 Å². The number of benzene rings is 2. The fraction of sp³-hybridized carbons (Fsp3) is 0.350.